The highest BCUT2D eigenvalue weighted by Gasteiger charge is 2.11. The third-order valence-electron chi connectivity index (χ3n) is 2.37. The summed E-state index contributed by atoms with van der Waals surface area (Å²) in [6.45, 7) is 0. The molecule has 0 bridgehead atoms. The van der Waals surface area contributed by atoms with Gasteiger partial charge in [0.2, 0.25) is 0 Å². The number of rotatable bonds is 4. The number of aromatic nitrogens is 1. The Bertz CT molecular complexity index is 619. The molecule has 2 rings (SSSR count). The maximum absolute atomic E-state index is 11.1. The quantitative estimate of drug-likeness (QED) is 0.672. The molecule has 0 unspecified atom stereocenters. The van der Waals surface area contributed by atoms with Crippen molar-refractivity contribution in [1.82, 2.24) is 4.98 Å². The van der Waals surface area contributed by atoms with Gasteiger partial charge in [-0.05, 0) is 24.3 Å². The summed E-state index contributed by atoms with van der Waals surface area (Å²) >= 11 is 13.2. The Morgan fingerprint density at radius 2 is 1.95 bits per heavy atom. The van der Waals surface area contributed by atoms with E-state index in [-0.39, 0.29) is 5.56 Å². The molecule has 2 aromatic rings. The summed E-state index contributed by atoms with van der Waals surface area (Å²) in [5.74, 6) is -0.489. The molecule has 1 aromatic carbocycles. The molecule has 0 amide bonds. The molecular formula is C13H9Cl2NO2S. The van der Waals surface area contributed by atoms with Crippen molar-refractivity contribution in [3.63, 3.8) is 0 Å². The van der Waals surface area contributed by atoms with Crippen LogP contribution in [0.4, 0.5) is 0 Å². The van der Waals surface area contributed by atoms with Crippen LogP contribution in [0.1, 0.15) is 16.1 Å². The fraction of sp³-hybridized carbons (Fsp3) is 0.0769. The van der Waals surface area contributed by atoms with Gasteiger partial charge < -0.3 is 5.11 Å². The molecule has 1 heterocycles. The first kappa shape index (κ1) is 14.2. The molecule has 0 saturated carbocycles. The van der Waals surface area contributed by atoms with Crippen molar-refractivity contribution in [2.75, 3.05) is 0 Å². The van der Waals surface area contributed by atoms with Gasteiger partial charge in [0, 0.05) is 10.6 Å². The number of nitrogens with zero attached hydrogens (tertiary/aromatic N) is 1. The molecule has 0 radical (unpaired) electrons. The smallest absolute Gasteiger partial charge is 0.336 e. The summed E-state index contributed by atoms with van der Waals surface area (Å²) in [4.78, 5) is 15.9. The molecule has 0 aliphatic rings. The second-order valence-electron chi connectivity index (χ2n) is 3.65. The normalized spacial score (nSPS) is 10.4. The fourth-order valence-electron chi connectivity index (χ4n) is 1.47. The predicted octanol–water partition coefficient (Wildman–Crippen LogP) is 4.38. The zero-order valence-corrected chi connectivity index (χ0v) is 12.0. The topological polar surface area (TPSA) is 50.2 Å². The van der Waals surface area contributed by atoms with Gasteiger partial charge in [-0.3, -0.25) is 0 Å². The highest BCUT2D eigenvalue weighted by Crippen LogP contribution is 2.28. The fourth-order valence-corrected chi connectivity index (χ4v) is 2.89. The van der Waals surface area contributed by atoms with Crippen LogP contribution >= 0.6 is 35.0 Å². The summed E-state index contributed by atoms with van der Waals surface area (Å²) in [6.07, 6.45) is 0. The van der Waals surface area contributed by atoms with Crippen LogP contribution in [-0.2, 0) is 5.75 Å². The number of halogens is 2. The molecule has 19 heavy (non-hydrogen) atoms. The van der Waals surface area contributed by atoms with E-state index in [0.717, 1.165) is 0 Å². The van der Waals surface area contributed by atoms with Crippen molar-refractivity contribution < 1.29 is 9.90 Å². The number of pyridine rings is 1. The number of benzene rings is 1. The van der Waals surface area contributed by atoms with Crippen molar-refractivity contribution in [1.29, 1.82) is 0 Å². The first-order valence-corrected chi connectivity index (χ1v) is 7.08. The maximum atomic E-state index is 11.1. The van der Waals surface area contributed by atoms with Gasteiger partial charge in [-0.2, -0.15) is 0 Å². The second kappa shape index (κ2) is 6.28. The van der Waals surface area contributed by atoms with Crippen molar-refractivity contribution >= 4 is 40.9 Å². The highest BCUT2D eigenvalue weighted by molar-refractivity contribution is 7.98. The van der Waals surface area contributed by atoms with Gasteiger partial charge in [0.25, 0.3) is 0 Å². The minimum Gasteiger partial charge on any atom is -0.478 e. The lowest BCUT2D eigenvalue weighted by Gasteiger charge is -2.06. The van der Waals surface area contributed by atoms with E-state index in [0.29, 0.717) is 26.5 Å². The number of carbonyl (C=O) groups is 1. The largest absolute Gasteiger partial charge is 0.478 e. The number of aromatic carboxylic acids is 1. The lowest BCUT2D eigenvalue weighted by atomic mass is 10.2. The van der Waals surface area contributed by atoms with Crippen LogP contribution in [0.2, 0.25) is 10.2 Å². The Morgan fingerprint density at radius 3 is 2.68 bits per heavy atom. The standard InChI is InChI=1S/C13H9Cl2NO2S/c14-9-5-6-12(15)16-10(9)7-19-11-4-2-1-3-8(11)13(17)18/h1-6H,7H2,(H,17,18). The molecule has 0 atom stereocenters. The number of hydrogen-bond donors (Lipinski definition) is 1. The lowest BCUT2D eigenvalue weighted by molar-refractivity contribution is 0.0693. The van der Waals surface area contributed by atoms with E-state index in [1.54, 1.807) is 36.4 Å². The summed E-state index contributed by atoms with van der Waals surface area (Å²) in [5, 5.41) is 9.97. The monoisotopic (exact) mass is 313 g/mol. The molecule has 0 fully saturated rings. The first-order chi connectivity index (χ1) is 9.08. The summed E-state index contributed by atoms with van der Waals surface area (Å²) in [5.41, 5.74) is 0.907. The Morgan fingerprint density at radius 1 is 1.21 bits per heavy atom. The van der Waals surface area contributed by atoms with Crippen molar-refractivity contribution in [2.45, 2.75) is 10.6 Å². The van der Waals surface area contributed by atoms with Crippen molar-refractivity contribution in [3.05, 3.63) is 57.8 Å². The van der Waals surface area contributed by atoms with E-state index < -0.39 is 5.97 Å². The van der Waals surface area contributed by atoms with E-state index in [1.165, 1.54) is 11.8 Å². The number of carboxylic acids is 1. The second-order valence-corrected chi connectivity index (χ2v) is 5.46. The van der Waals surface area contributed by atoms with Gasteiger partial charge in [-0.25, -0.2) is 9.78 Å². The van der Waals surface area contributed by atoms with E-state index >= 15 is 0 Å². The van der Waals surface area contributed by atoms with E-state index in [9.17, 15) is 4.79 Å². The SMILES string of the molecule is O=C(O)c1ccccc1SCc1nc(Cl)ccc1Cl. The highest BCUT2D eigenvalue weighted by atomic mass is 35.5. The molecule has 0 spiro atoms. The predicted molar refractivity (Wildman–Crippen MR) is 77.2 cm³/mol. The third kappa shape index (κ3) is 3.62. The number of thioether (sulfide) groups is 1. The average molecular weight is 314 g/mol. The van der Waals surface area contributed by atoms with Crippen molar-refractivity contribution in [2.24, 2.45) is 0 Å². The third-order valence-corrected chi connectivity index (χ3v) is 4.01. The van der Waals surface area contributed by atoms with Crippen LogP contribution in [0.15, 0.2) is 41.3 Å². The van der Waals surface area contributed by atoms with Gasteiger partial charge in [0.15, 0.2) is 0 Å². The number of carboxylic acid groups (broad SMARTS) is 1. The van der Waals surface area contributed by atoms with Gasteiger partial charge in [0.05, 0.1) is 16.3 Å². The molecule has 98 valence electrons. The molecule has 0 aliphatic heterocycles. The summed E-state index contributed by atoms with van der Waals surface area (Å²) < 4.78 is 0. The van der Waals surface area contributed by atoms with E-state index in [1.807, 2.05) is 0 Å². The van der Waals surface area contributed by atoms with Gasteiger partial charge in [-0.15, -0.1) is 11.8 Å². The molecule has 6 heteroatoms. The Labute approximate surface area is 124 Å². The molecule has 3 nitrogen and oxygen atoms in total. The zero-order chi connectivity index (χ0) is 13.8. The Kier molecular flexibility index (Phi) is 4.69. The molecule has 1 aromatic heterocycles. The maximum Gasteiger partial charge on any atom is 0.336 e. The van der Waals surface area contributed by atoms with Crippen LogP contribution in [0.5, 0.6) is 0 Å². The lowest BCUT2D eigenvalue weighted by Crippen LogP contribution is -1.98. The minimum absolute atomic E-state index is 0.269. The molecule has 1 N–H and O–H groups in total. The van der Waals surface area contributed by atoms with Crippen molar-refractivity contribution in [3.8, 4) is 0 Å². The zero-order valence-electron chi connectivity index (χ0n) is 9.64. The Hall–Kier alpha value is -1.23. The summed E-state index contributed by atoms with van der Waals surface area (Å²) in [6, 6.07) is 10.1. The van der Waals surface area contributed by atoms with Gasteiger partial charge in [-0.1, -0.05) is 35.3 Å². The van der Waals surface area contributed by atoms with Crippen LogP contribution in [-0.4, -0.2) is 16.1 Å². The molecule has 0 saturated heterocycles. The van der Waals surface area contributed by atoms with Crippen LogP contribution in [0, 0.1) is 0 Å². The molecular weight excluding hydrogens is 305 g/mol. The summed E-state index contributed by atoms with van der Waals surface area (Å²) in [7, 11) is 0. The first-order valence-electron chi connectivity index (χ1n) is 5.34. The molecule has 0 aliphatic carbocycles. The van der Waals surface area contributed by atoms with Crippen LogP contribution in [0.3, 0.4) is 0 Å². The van der Waals surface area contributed by atoms with E-state index in [4.69, 9.17) is 28.3 Å². The van der Waals surface area contributed by atoms with Crippen LogP contribution in [0.25, 0.3) is 0 Å². The number of hydrogen-bond acceptors (Lipinski definition) is 3. The van der Waals surface area contributed by atoms with Gasteiger partial charge in [0.1, 0.15) is 5.15 Å². The minimum atomic E-state index is -0.951. The average Bonchev–Trinajstić information content (AvgIpc) is 2.40. The van der Waals surface area contributed by atoms with E-state index in [2.05, 4.69) is 4.98 Å². The Balaban J connectivity index is 2.19. The van der Waals surface area contributed by atoms with Crippen LogP contribution < -0.4 is 0 Å². The van der Waals surface area contributed by atoms with Gasteiger partial charge >= 0.3 is 5.97 Å².